The summed E-state index contributed by atoms with van der Waals surface area (Å²) >= 11 is 0. The van der Waals surface area contributed by atoms with Crippen LogP contribution < -0.4 is 10.1 Å². The van der Waals surface area contributed by atoms with Crippen molar-refractivity contribution in [3.05, 3.63) is 54.7 Å². The molecule has 0 aliphatic carbocycles. The van der Waals surface area contributed by atoms with E-state index in [9.17, 15) is 9.59 Å². The molecule has 3 rings (SSSR count). The zero-order chi connectivity index (χ0) is 15.5. The van der Waals surface area contributed by atoms with Gasteiger partial charge in [-0.2, -0.15) is 0 Å². The largest absolute Gasteiger partial charge is 0.495 e. The van der Waals surface area contributed by atoms with Crippen molar-refractivity contribution in [2.24, 2.45) is 0 Å². The van der Waals surface area contributed by atoms with Crippen molar-refractivity contribution in [1.29, 1.82) is 0 Å². The van der Waals surface area contributed by atoms with Gasteiger partial charge in [-0.25, -0.2) is 0 Å². The molecule has 5 heteroatoms. The third kappa shape index (κ3) is 2.44. The zero-order valence-electron chi connectivity index (χ0n) is 11.9. The van der Waals surface area contributed by atoms with Crippen molar-refractivity contribution in [2.75, 3.05) is 12.4 Å². The number of aromatic nitrogens is 1. The Morgan fingerprint density at radius 1 is 1.18 bits per heavy atom. The standard InChI is InChI=1S/C17H14N2O3/c1-22-14-8-7-13-9-15(12-5-3-2-4-6-12)17(19(13)10-14)18-16(21)11-20/h2-11H,1H3,(H,18,21). The number of nitrogens with one attached hydrogen (secondary N) is 1. The molecule has 0 bridgehead atoms. The highest BCUT2D eigenvalue weighted by Gasteiger charge is 2.14. The van der Waals surface area contributed by atoms with Gasteiger partial charge in [0.25, 0.3) is 5.91 Å². The minimum atomic E-state index is -0.694. The van der Waals surface area contributed by atoms with Crippen LogP contribution in [0.2, 0.25) is 0 Å². The second-order valence-corrected chi connectivity index (χ2v) is 4.74. The van der Waals surface area contributed by atoms with Crippen LogP contribution in [0.5, 0.6) is 5.75 Å². The summed E-state index contributed by atoms with van der Waals surface area (Å²) in [5.74, 6) is 0.501. The summed E-state index contributed by atoms with van der Waals surface area (Å²) in [7, 11) is 1.58. The maximum atomic E-state index is 11.5. The fourth-order valence-electron chi connectivity index (χ4n) is 2.38. The Hall–Kier alpha value is -3.08. The number of carbonyl (C=O) groups is 2. The summed E-state index contributed by atoms with van der Waals surface area (Å²) in [6.07, 6.45) is 2.02. The van der Waals surface area contributed by atoms with Crippen LogP contribution in [0, 0.1) is 0 Å². The predicted octanol–water partition coefficient (Wildman–Crippen LogP) is 2.75. The number of pyridine rings is 1. The van der Waals surface area contributed by atoms with Crippen molar-refractivity contribution in [3.8, 4) is 16.9 Å². The SMILES string of the molecule is COc1ccc2cc(-c3ccccc3)c(NC(=O)C=O)n2c1. The molecule has 0 atom stereocenters. The molecule has 1 N–H and O–H groups in total. The van der Waals surface area contributed by atoms with Gasteiger partial charge >= 0.3 is 0 Å². The molecular weight excluding hydrogens is 280 g/mol. The zero-order valence-corrected chi connectivity index (χ0v) is 11.9. The number of ether oxygens (including phenoxy) is 1. The van der Waals surface area contributed by atoms with Crippen LogP contribution in [0.3, 0.4) is 0 Å². The first-order valence-electron chi connectivity index (χ1n) is 6.73. The number of aldehydes is 1. The highest BCUT2D eigenvalue weighted by molar-refractivity contribution is 6.29. The first-order chi connectivity index (χ1) is 10.7. The number of rotatable bonds is 4. The van der Waals surface area contributed by atoms with Crippen LogP contribution in [0.1, 0.15) is 0 Å². The summed E-state index contributed by atoms with van der Waals surface area (Å²) in [5, 5.41) is 2.63. The lowest BCUT2D eigenvalue weighted by Gasteiger charge is -2.08. The van der Waals surface area contributed by atoms with E-state index < -0.39 is 5.91 Å². The van der Waals surface area contributed by atoms with Gasteiger partial charge in [-0.1, -0.05) is 30.3 Å². The van der Waals surface area contributed by atoms with E-state index in [2.05, 4.69) is 5.32 Å². The van der Waals surface area contributed by atoms with E-state index in [1.54, 1.807) is 17.7 Å². The molecule has 0 radical (unpaired) electrons. The number of hydrogen-bond acceptors (Lipinski definition) is 3. The van der Waals surface area contributed by atoms with Crippen LogP contribution in [-0.2, 0) is 9.59 Å². The molecule has 0 unspecified atom stereocenters. The van der Waals surface area contributed by atoms with E-state index in [1.807, 2.05) is 48.5 Å². The van der Waals surface area contributed by atoms with Crippen molar-refractivity contribution in [1.82, 2.24) is 4.40 Å². The molecule has 0 saturated carbocycles. The molecule has 0 fully saturated rings. The Labute approximate surface area is 127 Å². The molecule has 0 aliphatic heterocycles. The molecule has 3 aromatic rings. The van der Waals surface area contributed by atoms with Gasteiger partial charge in [0, 0.05) is 11.1 Å². The van der Waals surface area contributed by atoms with Crippen molar-refractivity contribution in [2.45, 2.75) is 0 Å². The third-order valence-electron chi connectivity index (χ3n) is 3.41. The normalized spacial score (nSPS) is 10.4. The van der Waals surface area contributed by atoms with E-state index in [-0.39, 0.29) is 6.29 Å². The van der Waals surface area contributed by atoms with E-state index in [0.717, 1.165) is 16.6 Å². The summed E-state index contributed by atoms with van der Waals surface area (Å²) in [6, 6.07) is 15.3. The average molecular weight is 294 g/mol. The Bertz CT molecular complexity index is 838. The fourth-order valence-corrected chi connectivity index (χ4v) is 2.38. The van der Waals surface area contributed by atoms with Gasteiger partial charge in [0.15, 0.2) is 0 Å². The van der Waals surface area contributed by atoms with Crippen LogP contribution in [0.4, 0.5) is 5.82 Å². The average Bonchev–Trinajstić information content (AvgIpc) is 2.93. The summed E-state index contributed by atoms with van der Waals surface area (Å²) in [4.78, 5) is 22.2. The van der Waals surface area contributed by atoms with Crippen LogP contribution in [0.25, 0.3) is 16.6 Å². The third-order valence-corrected chi connectivity index (χ3v) is 3.41. The first-order valence-corrected chi connectivity index (χ1v) is 6.73. The molecule has 5 nitrogen and oxygen atoms in total. The molecule has 2 heterocycles. The topological polar surface area (TPSA) is 59.8 Å². The quantitative estimate of drug-likeness (QED) is 0.594. The van der Waals surface area contributed by atoms with Gasteiger partial charge < -0.3 is 10.1 Å². The fraction of sp³-hybridized carbons (Fsp3) is 0.0588. The van der Waals surface area contributed by atoms with Gasteiger partial charge in [0.2, 0.25) is 6.29 Å². The predicted molar refractivity (Wildman–Crippen MR) is 84.1 cm³/mol. The van der Waals surface area contributed by atoms with Crippen molar-refractivity contribution < 1.29 is 14.3 Å². The Morgan fingerprint density at radius 2 is 1.95 bits per heavy atom. The van der Waals surface area contributed by atoms with Crippen molar-refractivity contribution >= 4 is 23.5 Å². The highest BCUT2D eigenvalue weighted by Crippen LogP contribution is 2.32. The van der Waals surface area contributed by atoms with Crippen LogP contribution in [-0.4, -0.2) is 23.7 Å². The first kappa shape index (κ1) is 13.9. The number of fused-ring (bicyclic) bond motifs is 1. The van der Waals surface area contributed by atoms with Gasteiger partial charge in [-0.3, -0.25) is 14.0 Å². The Kier molecular flexibility index (Phi) is 3.62. The molecule has 1 aromatic carbocycles. The Balaban J connectivity index is 2.24. The minimum Gasteiger partial charge on any atom is -0.495 e. The van der Waals surface area contributed by atoms with E-state index in [1.165, 1.54) is 0 Å². The maximum absolute atomic E-state index is 11.5. The lowest BCUT2D eigenvalue weighted by atomic mass is 10.1. The molecule has 0 saturated heterocycles. The number of hydrogen-bond donors (Lipinski definition) is 1. The monoisotopic (exact) mass is 294 g/mol. The van der Waals surface area contributed by atoms with Crippen LogP contribution in [0.15, 0.2) is 54.7 Å². The van der Waals surface area contributed by atoms with Gasteiger partial charge in [0.05, 0.1) is 13.3 Å². The summed E-state index contributed by atoms with van der Waals surface area (Å²) < 4.78 is 7.01. The summed E-state index contributed by atoms with van der Waals surface area (Å²) in [6.45, 7) is 0. The number of nitrogens with zero attached hydrogens (tertiary/aromatic N) is 1. The number of methoxy groups -OCH3 is 1. The lowest BCUT2D eigenvalue weighted by Crippen LogP contribution is -2.14. The molecule has 22 heavy (non-hydrogen) atoms. The van der Waals surface area contributed by atoms with Gasteiger partial charge in [-0.15, -0.1) is 0 Å². The van der Waals surface area contributed by atoms with Gasteiger partial charge in [0.1, 0.15) is 11.6 Å². The van der Waals surface area contributed by atoms with E-state index in [0.29, 0.717) is 11.6 Å². The van der Waals surface area contributed by atoms with Gasteiger partial charge in [-0.05, 0) is 23.8 Å². The van der Waals surface area contributed by atoms with E-state index in [4.69, 9.17) is 4.74 Å². The number of amides is 1. The molecule has 0 spiro atoms. The molecule has 110 valence electrons. The number of anilines is 1. The maximum Gasteiger partial charge on any atom is 0.289 e. The van der Waals surface area contributed by atoms with Crippen LogP contribution >= 0.6 is 0 Å². The molecular formula is C17H14N2O3. The minimum absolute atomic E-state index is 0.258. The molecule has 1 amide bonds. The Morgan fingerprint density at radius 3 is 2.64 bits per heavy atom. The second kappa shape index (κ2) is 5.73. The lowest BCUT2D eigenvalue weighted by molar-refractivity contribution is -0.127. The molecule has 2 aromatic heterocycles. The number of benzene rings is 1. The highest BCUT2D eigenvalue weighted by atomic mass is 16.5. The van der Waals surface area contributed by atoms with Crippen molar-refractivity contribution in [3.63, 3.8) is 0 Å². The van der Waals surface area contributed by atoms with E-state index >= 15 is 0 Å². The molecule has 0 aliphatic rings. The smallest absolute Gasteiger partial charge is 0.289 e. The number of carbonyl (C=O) groups excluding carboxylic acids is 2. The summed E-state index contributed by atoms with van der Waals surface area (Å²) in [5.41, 5.74) is 2.68. The second-order valence-electron chi connectivity index (χ2n) is 4.74.